The van der Waals surface area contributed by atoms with E-state index in [-0.39, 0.29) is 5.84 Å². The molecule has 1 aromatic rings. The van der Waals surface area contributed by atoms with Crippen molar-refractivity contribution in [2.24, 2.45) is 16.8 Å². The van der Waals surface area contributed by atoms with Gasteiger partial charge in [0.1, 0.15) is 5.82 Å². The molecule has 1 aromatic carbocycles. The van der Waals surface area contributed by atoms with E-state index in [1.54, 1.807) is 6.07 Å². The molecule has 1 saturated heterocycles. The summed E-state index contributed by atoms with van der Waals surface area (Å²) in [7, 11) is 0. The lowest BCUT2D eigenvalue weighted by molar-refractivity contribution is 0.0157. The van der Waals surface area contributed by atoms with Crippen LogP contribution in [0.15, 0.2) is 23.4 Å². The van der Waals surface area contributed by atoms with E-state index in [1.165, 1.54) is 12.1 Å². The van der Waals surface area contributed by atoms with Crippen molar-refractivity contribution in [3.63, 3.8) is 0 Å². The Morgan fingerprint density at radius 2 is 2.15 bits per heavy atom. The minimum absolute atomic E-state index is 0.116. The normalized spacial score (nSPS) is 17.4. The third kappa shape index (κ3) is 4.18. The van der Waals surface area contributed by atoms with Crippen molar-refractivity contribution >= 4 is 5.84 Å². The number of nitrogens with two attached hydrogens (primary N) is 1. The van der Waals surface area contributed by atoms with Crippen LogP contribution in [0.25, 0.3) is 0 Å². The first-order chi connectivity index (χ1) is 9.69. The fourth-order valence-corrected chi connectivity index (χ4v) is 2.20. The van der Waals surface area contributed by atoms with Crippen molar-refractivity contribution < 1.29 is 19.1 Å². The van der Waals surface area contributed by atoms with Gasteiger partial charge in [-0.1, -0.05) is 5.16 Å². The lowest BCUT2D eigenvalue weighted by atomic mass is 10.0. The van der Waals surface area contributed by atoms with E-state index in [9.17, 15) is 4.39 Å². The van der Waals surface area contributed by atoms with Crippen LogP contribution < -0.4 is 5.73 Å². The average molecular weight is 282 g/mol. The third-order valence-corrected chi connectivity index (χ3v) is 3.32. The number of halogens is 1. The fraction of sp³-hybridized carbons (Fsp3) is 0.500. The quantitative estimate of drug-likeness (QED) is 0.374. The van der Waals surface area contributed by atoms with Gasteiger partial charge in [-0.05, 0) is 42.5 Å². The van der Waals surface area contributed by atoms with Crippen molar-refractivity contribution in [1.29, 1.82) is 0 Å². The number of ether oxygens (including phenoxy) is 2. The Balaban J connectivity index is 1.90. The van der Waals surface area contributed by atoms with E-state index in [2.05, 4.69) is 5.16 Å². The summed E-state index contributed by atoms with van der Waals surface area (Å²) < 4.78 is 24.3. The van der Waals surface area contributed by atoms with Gasteiger partial charge in [0.05, 0.1) is 13.2 Å². The summed E-state index contributed by atoms with van der Waals surface area (Å²) in [5.74, 6) is -0.0465. The molecule has 1 aliphatic rings. The van der Waals surface area contributed by atoms with Crippen molar-refractivity contribution in [2.45, 2.75) is 19.4 Å². The summed E-state index contributed by atoms with van der Waals surface area (Å²) in [4.78, 5) is 0. The molecule has 1 fully saturated rings. The zero-order valence-corrected chi connectivity index (χ0v) is 11.2. The number of oxime groups is 1. The summed E-state index contributed by atoms with van der Waals surface area (Å²) in [6.07, 6.45) is 2.00. The molecule has 3 N–H and O–H groups in total. The molecular weight excluding hydrogens is 263 g/mol. The Morgan fingerprint density at radius 3 is 2.85 bits per heavy atom. The highest BCUT2D eigenvalue weighted by Gasteiger charge is 2.14. The Morgan fingerprint density at radius 1 is 1.40 bits per heavy atom. The van der Waals surface area contributed by atoms with Gasteiger partial charge in [0.15, 0.2) is 5.84 Å². The lowest BCUT2D eigenvalue weighted by Gasteiger charge is -2.21. The maximum absolute atomic E-state index is 13.4. The maximum Gasteiger partial charge on any atom is 0.170 e. The van der Waals surface area contributed by atoms with Crippen LogP contribution in [-0.2, 0) is 16.1 Å². The van der Waals surface area contributed by atoms with Crippen molar-refractivity contribution in [1.82, 2.24) is 0 Å². The summed E-state index contributed by atoms with van der Waals surface area (Å²) in [5.41, 5.74) is 6.47. The molecule has 2 rings (SSSR count). The SMILES string of the molecule is N/C(=N/O)c1cc(F)cc(COCC2CCOCC2)c1. The molecule has 5 nitrogen and oxygen atoms in total. The maximum atomic E-state index is 13.4. The van der Waals surface area contributed by atoms with Gasteiger partial charge < -0.3 is 20.4 Å². The summed E-state index contributed by atoms with van der Waals surface area (Å²) >= 11 is 0. The molecule has 20 heavy (non-hydrogen) atoms. The smallest absolute Gasteiger partial charge is 0.170 e. The molecule has 0 radical (unpaired) electrons. The zero-order valence-electron chi connectivity index (χ0n) is 11.2. The van der Waals surface area contributed by atoms with Gasteiger partial charge in [0.2, 0.25) is 0 Å². The molecule has 0 bridgehead atoms. The predicted molar refractivity (Wildman–Crippen MR) is 72.1 cm³/mol. The number of hydrogen-bond acceptors (Lipinski definition) is 4. The van der Waals surface area contributed by atoms with Crippen LogP contribution in [-0.4, -0.2) is 30.9 Å². The van der Waals surface area contributed by atoms with Crippen LogP contribution in [0.5, 0.6) is 0 Å². The minimum Gasteiger partial charge on any atom is -0.409 e. The number of amidine groups is 1. The topological polar surface area (TPSA) is 77.1 Å². The standard InChI is InChI=1S/C14H19FN2O3/c15-13-6-11(5-12(7-13)14(16)17-18)9-20-8-10-1-3-19-4-2-10/h5-7,10,18H,1-4,8-9H2,(H2,16,17). The van der Waals surface area contributed by atoms with Gasteiger partial charge in [0, 0.05) is 18.8 Å². The summed E-state index contributed by atoms with van der Waals surface area (Å²) in [5, 5.41) is 11.5. The van der Waals surface area contributed by atoms with Crippen molar-refractivity contribution in [3.05, 3.63) is 35.1 Å². The van der Waals surface area contributed by atoms with Gasteiger partial charge in [-0.2, -0.15) is 0 Å². The first-order valence-corrected chi connectivity index (χ1v) is 6.62. The van der Waals surface area contributed by atoms with E-state index >= 15 is 0 Å². The Labute approximate surface area is 117 Å². The Hall–Kier alpha value is -1.66. The highest BCUT2D eigenvalue weighted by molar-refractivity contribution is 5.97. The first kappa shape index (κ1) is 14.7. The highest BCUT2D eigenvalue weighted by Crippen LogP contribution is 2.16. The predicted octanol–water partition coefficient (Wildman–Crippen LogP) is 1.86. The lowest BCUT2D eigenvalue weighted by Crippen LogP contribution is -2.20. The van der Waals surface area contributed by atoms with Crippen LogP contribution in [0.3, 0.4) is 0 Å². The number of nitrogens with zero attached hydrogens (tertiary/aromatic N) is 1. The Bertz CT molecular complexity index is 473. The van der Waals surface area contributed by atoms with Crippen LogP contribution in [0.2, 0.25) is 0 Å². The molecule has 0 unspecified atom stereocenters. The second-order valence-electron chi connectivity index (χ2n) is 4.90. The molecule has 0 saturated carbocycles. The van der Waals surface area contributed by atoms with Gasteiger partial charge in [-0.3, -0.25) is 0 Å². The van der Waals surface area contributed by atoms with E-state index in [4.69, 9.17) is 20.4 Å². The first-order valence-electron chi connectivity index (χ1n) is 6.62. The zero-order chi connectivity index (χ0) is 14.4. The largest absolute Gasteiger partial charge is 0.409 e. The number of benzene rings is 1. The molecule has 0 aliphatic carbocycles. The molecule has 0 amide bonds. The molecule has 0 spiro atoms. The molecule has 1 aliphatic heterocycles. The molecular formula is C14H19FN2O3. The van der Waals surface area contributed by atoms with E-state index < -0.39 is 5.82 Å². The van der Waals surface area contributed by atoms with Gasteiger partial charge >= 0.3 is 0 Å². The monoisotopic (exact) mass is 282 g/mol. The number of hydrogen-bond donors (Lipinski definition) is 2. The van der Waals surface area contributed by atoms with Crippen LogP contribution in [0.1, 0.15) is 24.0 Å². The highest BCUT2D eigenvalue weighted by atomic mass is 19.1. The Kier molecular flexibility index (Phi) is 5.31. The second-order valence-corrected chi connectivity index (χ2v) is 4.90. The molecule has 6 heteroatoms. The molecule has 0 aromatic heterocycles. The van der Waals surface area contributed by atoms with Gasteiger partial charge in [-0.15, -0.1) is 0 Å². The number of rotatable bonds is 5. The van der Waals surface area contributed by atoms with Crippen LogP contribution in [0, 0.1) is 11.7 Å². The van der Waals surface area contributed by atoms with Gasteiger partial charge in [-0.25, -0.2) is 4.39 Å². The second kappa shape index (κ2) is 7.21. The minimum atomic E-state index is -0.432. The van der Waals surface area contributed by atoms with Crippen LogP contribution in [0.4, 0.5) is 4.39 Å². The summed E-state index contributed by atoms with van der Waals surface area (Å²) in [6, 6.07) is 4.26. The van der Waals surface area contributed by atoms with Crippen LogP contribution >= 0.6 is 0 Å². The van der Waals surface area contributed by atoms with Gasteiger partial charge in [0.25, 0.3) is 0 Å². The summed E-state index contributed by atoms with van der Waals surface area (Å²) in [6.45, 7) is 2.50. The third-order valence-electron chi connectivity index (χ3n) is 3.32. The van der Waals surface area contributed by atoms with Crippen molar-refractivity contribution in [3.8, 4) is 0 Å². The average Bonchev–Trinajstić information content (AvgIpc) is 2.47. The fourth-order valence-electron chi connectivity index (χ4n) is 2.20. The van der Waals surface area contributed by atoms with E-state index in [0.717, 1.165) is 26.1 Å². The van der Waals surface area contributed by atoms with E-state index in [1.807, 2.05) is 0 Å². The molecule has 1 heterocycles. The molecule has 110 valence electrons. The van der Waals surface area contributed by atoms with Crippen molar-refractivity contribution in [2.75, 3.05) is 19.8 Å². The molecule has 0 atom stereocenters. The van der Waals surface area contributed by atoms with E-state index in [0.29, 0.717) is 30.3 Å².